The topological polar surface area (TPSA) is 183 Å². The Balaban J connectivity index is 1.89. The van der Waals surface area contributed by atoms with E-state index in [0.717, 1.165) is 45.1 Å². The second-order valence-electron chi connectivity index (χ2n) is 12.6. The Labute approximate surface area is 261 Å². The van der Waals surface area contributed by atoms with E-state index in [9.17, 15) is 39.3 Å². The molecule has 0 bridgehead atoms. The lowest BCUT2D eigenvalue weighted by Gasteiger charge is -2.33. The van der Waals surface area contributed by atoms with E-state index in [4.69, 9.17) is 0 Å². The zero-order valence-corrected chi connectivity index (χ0v) is 26.5. The molecule has 1 heterocycles. The predicted octanol–water partition coefficient (Wildman–Crippen LogP) is -0.0632. The first-order valence-electron chi connectivity index (χ1n) is 16.0. The molecule has 0 aromatic rings. The third kappa shape index (κ3) is 16.3. The number of rotatable bonds is 15. The third-order valence-electron chi connectivity index (χ3n) is 8.44. The van der Waals surface area contributed by atoms with Crippen LogP contribution in [0.2, 0.25) is 0 Å². The smallest absolute Gasteiger partial charge is 0.317 e. The largest absolute Gasteiger partial charge is 0.480 e. The maximum absolute atomic E-state index is 13.0. The number of carboxylic acid groups (broad SMARTS) is 3. The van der Waals surface area contributed by atoms with Crippen molar-refractivity contribution in [2.24, 2.45) is 17.8 Å². The number of hydrogen-bond donors (Lipinski definition) is 5. The van der Waals surface area contributed by atoms with Gasteiger partial charge in [-0.3, -0.25) is 43.6 Å². The Morgan fingerprint density at radius 3 is 1.43 bits per heavy atom. The van der Waals surface area contributed by atoms with Gasteiger partial charge in [0.15, 0.2) is 0 Å². The van der Waals surface area contributed by atoms with Crippen molar-refractivity contribution in [1.29, 1.82) is 0 Å². The number of carbonyl (C=O) groups is 5. The summed E-state index contributed by atoms with van der Waals surface area (Å²) in [6, 6.07) is 0. The lowest BCUT2D eigenvalue weighted by Crippen LogP contribution is -2.50. The van der Waals surface area contributed by atoms with E-state index in [0.29, 0.717) is 70.7 Å². The first-order chi connectivity index (χ1) is 20.9. The first-order valence-corrected chi connectivity index (χ1v) is 16.0. The second kappa shape index (κ2) is 20.3. The SMILES string of the molecule is CC(C)CCCNC(=O)C1CCC(CNC(=O)CN2CCN(CC(=O)O)CCN(CC(=O)O)CCN(CC(=O)O)CC2)CC1. The van der Waals surface area contributed by atoms with Crippen molar-refractivity contribution in [3.05, 3.63) is 0 Å². The van der Waals surface area contributed by atoms with Crippen molar-refractivity contribution in [2.45, 2.75) is 52.4 Å². The summed E-state index contributed by atoms with van der Waals surface area (Å²) in [5, 5.41) is 34.2. The monoisotopic (exact) mass is 626 g/mol. The van der Waals surface area contributed by atoms with Crippen LogP contribution in [-0.4, -0.2) is 156 Å². The van der Waals surface area contributed by atoms with Crippen molar-refractivity contribution in [1.82, 2.24) is 30.2 Å². The molecule has 2 fully saturated rings. The van der Waals surface area contributed by atoms with E-state index in [2.05, 4.69) is 24.5 Å². The Morgan fingerprint density at radius 1 is 0.636 bits per heavy atom. The molecule has 5 N–H and O–H groups in total. The van der Waals surface area contributed by atoms with Gasteiger partial charge in [-0.05, 0) is 50.4 Å². The highest BCUT2D eigenvalue weighted by Gasteiger charge is 2.27. The number of carbonyl (C=O) groups excluding carboxylic acids is 2. The van der Waals surface area contributed by atoms with Crippen molar-refractivity contribution < 1.29 is 39.3 Å². The van der Waals surface area contributed by atoms with Crippen LogP contribution in [0.3, 0.4) is 0 Å². The summed E-state index contributed by atoms with van der Waals surface area (Å²) in [6.45, 7) is 7.90. The van der Waals surface area contributed by atoms with Crippen LogP contribution in [0.25, 0.3) is 0 Å². The number of carboxylic acids is 3. The molecule has 0 radical (unpaired) electrons. The summed E-state index contributed by atoms with van der Waals surface area (Å²) in [5.74, 6) is -2.03. The summed E-state index contributed by atoms with van der Waals surface area (Å²) in [6.07, 6.45) is 5.46. The lowest BCUT2D eigenvalue weighted by molar-refractivity contribution is -0.140. The molecule has 0 aromatic carbocycles. The number of aliphatic carboxylic acids is 3. The molecule has 2 amide bonds. The van der Waals surface area contributed by atoms with Gasteiger partial charge in [-0.2, -0.15) is 0 Å². The van der Waals surface area contributed by atoms with Gasteiger partial charge in [-0.1, -0.05) is 13.8 Å². The van der Waals surface area contributed by atoms with Crippen LogP contribution in [0.15, 0.2) is 0 Å². The third-order valence-corrected chi connectivity index (χ3v) is 8.44. The number of nitrogens with zero attached hydrogens (tertiary/aromatic N) is 4. The number of hydrogen-bond acceptors (Lipinski definition) is 9. The molecule has 1 saturated heterocycles. The molecular weight excluding hydrogens is 572 g/mol. The molecule has 14 heteroatoms. The molecule has 0 unspecified atom stereocenters. The molecule has 2 aliphatic rings. The summed E-state index contributed by atoms with van der Waals surface area (Å²) >= 11 is 0. The minimum absolute atomic E-state index is 0.0297. The fraction of sp³-hybridized carbons (Fsp3) is 0.833. The Bertz CT molecular complexity index is 895. The van der Waals surface area contributed by atoms with E-state index in [-0.39, 0.29) is 43.9 Å². The normalized spacial score (nSPS) is 22.1. The molecule has 1 aliphatic heterocycles. The van der Waals surface area contributed by atoms with Gasteiger partial charge in [0.25, 0.3) is 0 Å². The Morgan fingerprint density at radius 2 is 1.05 bits per heavy atom. The van der Waals surface area contributed by atoms with Gasteiger partial charge < -0.3 is 26.0 Å². The zero-order chi connectivity index (χ0) is 32.5. The van der Waals surface area contributed by atoms with E-state index in [1.807, 2.05) is 4.90 Å². The van der Waals surface area contributed by atoms with Crippen LogP contribution < -0.4 is 10.6 Å². The number of nitrogens with one attached hydrogen (secondary N) is 2. The number of amides is 2. The van der Waals surface area contributed by atoms with Gasteiger partial charge in [-0.15, -0.1) is 0 Å². The van der Waals surface area contributed by atoms with Crippen molar-refractivity contribution in [2.75, 3.05) is 91.6 Å². The fourth-order valence-electron chi connectivity index (χ4n) is 5.80. The van der Waals surface area contributed by atoms with Crippen LogP contribution in [0.1, 0.15) is 52.4 Å². The summed E-state index contributed by atoms with van der Waals surface area (Å²) in [7, 11) is 0. The first kappa shape index (κ1) is 37.4. The van der Waals surface area contributed by atoms with Crippen LogP contribution in [0, 0.1) is 17.8 Å². The van der Waals surface area contributed by atoms with Crippen LogP contribution >= 0.6 is 0 Å². The molecule has 1 aliphatic carbocycles. The molecule has 14 nitrogen and oxygen atoms in total. The highest BCUT2D eigenvalue weighted by atomic mass is 16.4. The Hall–Kier alpha value is -2.81. The summed E-state index contributed by atoms with van der Waals surface area (Å²) in [4.78, 5) is 66.8. The standard InChI is InChI=1S/C30H54N6O8/c1-23(2)4-3-9-31-30(44)25-7-5-24(6-8-25)18-32-26(37)19-33-10-12-34(20-27(38)39)14-16-36(22-29(42)43)17-15-35(13-11-33)21-28(40)41/h23-25H,3-22H2,1-2H3,(H,31,44)(H,32,37)(H,38,39)(H,40,41)(H,42,43). The molecule has 0 spiro atoms. The molecule has 1 saturated carbocycles. The second-order valence-corrected chi connectivity index (χ2v) is 12.6. The van der Waals surface area contributed by atoms with E-state index in [1.54, 1.807) is 14.7 Å². The van der Waals surface area contributed by atoms with E-state index in [1.165, 1.54) is 0 Å². The van der Waals surface area contributed by atoms with Crippen molar-refractivity contribution >= 4 is 29.7 Å². The minimum atomic E-state index is -1.00. The average molecular weight is 627 g/mol. The average Bonchev–Trinajstić information content (AvgIpc) is 2.94. The molecule has 2 rings (SSSR count). The van der Waals surface area contributed by atoms with Gasteiger partial charge in [0.1, 0.15) is 0 Å². The van der Waals surface area contributed by atoms with Gasteiger partial charge in [0, 0.05) is 71.4 Å². The minimum Gasteiger partial charge on any atom is -0.480 e. The molecule has 44 heavy (non-hydrogen) atoms. The van der Waals surface area contributed by atoms with Crippen LogP contribution in [-0.2, 0) is 24.0 Å². The zero-order valence-electron chi connectivity index (χ0n) is 26.5. The predicted molar refractivity (Wildman–Crippen MR) is 164 cm³/mol. The van der Waals surface area contributed by atoms with Gasteiger partial charge in [-0.25, -0.2) is 0 Å². The van der Waals surface area contributed by atoms with E-state index < -0.39 is 17.9 Å². The van der Waals surface area contributed by atoms with Crippen molar-refractivity contribution in [3.63, 3.8) is 0 Å². The Kier molecular flexibility index (Phi) is 17.2. The highest BCUT2D eigenvalue weighted by molar-refractivity contribution is 5.79. The van der Waals surface area contributed by atoms with Gasteiger partial charge in [0.2, 0.25) is 11.8 Å². The molecule has 0 aromatic heterocycles. The lowest BCUT2D eigenvalue weighted by atomic mass is 9.81. The summed E-state index contributed by atoms with van der Waals surface area (Å²) < 4.78 is 0. The van der Waals surface area contributed by atoms with Gasteiger partial charge in [0.05, 0.1) is 26.2 Å². The van der Waals surface area contributed by atoms with E-state index >= 15 is 0 Å². The fourth-order valence-corrected chi connectivity index (χ4v) is 5.80. The van der Waals surface area contributed by atoms with Crippen LogP contribution in [0.4, 0.5) is 0 Å². The molecule has 252 valence electrons. The van der Waals surface area contributed by atoms with Crippen LogP contribution in [0.5, 0.6) is 0 Å². The molecule has 0 atom stereocenters. The van der Waals surface area contributed by atoms with Gasteiger partial charge >= 0.3 is 17.9 Å². The molecular formula is C30H54N6O8. The summed E-state index contributed by atoms with van der Waals surface area (Å²) in [5.41, 5.74) is 0. The maximum Gasteiger partial charge on any atom is 0.317 e. The quantitative estimate of drug-likeness (QED) is 0.153. The maximum atomic E-state index is 13.0. The van der Waals surface area contributed by atoms with Crippen molar-refractivity contribution in [3.8, 4) is 0 Å². The highest BCUT2D eigenvalue weighted by Crippen LogP contribution is 2.28.